The molecule has 1 aromatic rings. The number of fused-ring (bicyclic) bond motifs is 5. The van der Waals surface area contributed by atoms with Crippen molar-refractivity contribution in [3.63, 3.8) is 0 Å². The molecular formula is C20H27NO8. The van der Waals surface area contributed by atoms with Gasteiger partial charge in [-0.15, -0.1) is 0 Å². The third-order valence-electron chi connectivity index (χ3n) is 5.50. The van der Waals surface area contributed by atoms with Gasteiger partial charge >= 0.3 is 5.97 Å². The molecule has 0 saturated carbocycles. The predicted octanol–water partition coefficient (Wildman–Crippen LogP) is 1.93. The molecule has 0 aliphatic carbocycles. The Morgan fingerprint density at radius 3 is 2.24 bits per heavy atom. The molecule has 4 heterocycles. The smallest absolute Gasteiger partial charge is 0.316 e. The summed E-state index contributed by atoms with van der Waals surface area (Å²) in [5.41, 5.74) is 0.406. The minimum Gasteiger partial charge on any atom is -0.494 e. The summed E-state index contributed by atoms with van der Waals surface area (Å²) in [6, 6.07) is 0. The van der Waals surface area contributed by atoms with Crippen LogP contribution in [0.4, 0.5) is 0 Å². The molecule has 9 heteroatoms. The number of hydrogen-bond donors (Lipinski definition) is 2. The summed E-state index contributed by atoms with van der Waals surface area (Å²) in [7, 11) is 0. The lowest BCUT2D eigenvalue weighted by Crippen LogP contribution is -2.49. The molecule has 2 atom stereocenters. The molecule has 0 radical (unpaired) electrons. The third-order valence-corrected chi connectivity index (χ3v) is 5.50. The first-order chi connectivity index (χ1) is 13.7. The first kappa shape index (κ1) is 20.2. The molecule has 0 aromatic carbocycles. The average molecular weight is 409 g/mol. The Labute approximate surface area is 168 Å². The van der Waals surface area contributed by atoms with Crippen molar-refractivity contribution in [2.24, 2.45) is 5.41 Å². The van der Waals surface area contributed by atoms with E-state index in [9.17, 15) is 15.0 Å². The fourth-order valence-corrected chi connectivity index (χ4v) is 3.68. The number of carbonyl (C=O) groups excluding carboxylic acids is 1. The van der Waals surface area contributed by atoms with Gasteiger partial charge in [0.15, 0.2) is 5.79 Å². The highest BCUT2D eigenvalue weighted by Crippen LogP contribution is 2.54. The Bertz CT molecular complexity index is 781. The van der Waals surface area contributed by atoms with E-state index in [0.29, 0.717) is 11.1 Å². The third kappa shape index (κ3) is 3.63. The van der Waals surface area contributed by atoms with E-state index in [-0.39, 0.29) is 63.5 Å². The maximum Gasteiger partial charge on any atom is 0.316 e. The molecule has 2 N–H and O–H groups in total. The second-order valence-electron chi connectivity index (χ2n) is 8.27. The van der Waals surface area contributed by atoms with E-state index in [0.717, 1.165) is 0 Å². The lowest BCUT2D eigenvalue weighted by Gasteiger charge is -2.39. The quantitative estimate of drug-likeness (QED) is 0.400. The molecule has 1 fully saturated rings. The molecule has 9 nitrogen and oxygen atoms in total. The van der Waals surface area contributed by atoms with Crippen LogP contribution < -0.4 is 0 Å². The molecule has 29 heavy (non-hydrogen) atoms. The van der Waals surface area contributed by atoms with Crippen molar-refractivity contribution in [1.82, 2.24) is 4.57 Å². The highest BCUT2D eigenvalue weighted by molar-refractivity contribution is 5.76. The molecule has 160 valence electrons. The van der Waals surface area contributed by atoms with Crippen LogP contribution in [0, 0.1) is 5.41 Å². The van der Waals surface area contributed by atoms with E-state index in [4.69, 9.17) is 23.7 Å². The summed E-state index contributed by atoms with van der Waals surface area (Å²) in [4.78, 5) is 12.3. The zero-order valence-corrected chi connectivity index (χ0v) is 16.8. The van der Waals surface area contributed by atoms with Crippen LogP contribution in [-0.4, -0.2) is 59.6 Å². The number of rotatable bonds is 7. The van der Waals surface area contributed by atoms with Crippen LogP contribution in [0.25, 0.3) is 0 Å². The van der Waals surface area contributed by atoms with E-state index in [1.54, 1.807) is 20.8 Å². The largest absolute Gasteiger partial charge is 0.494 e. The minimum atomic E-state index is -0.839. The van der Waals surface area contributed by atoms with Crippen molar-refractivity contribution in [3.05, 3.63) is 23.3 Å². The van der Waals surface area contributed by atoms with Gasteiger partial charge in [-0.25, -0.2) is 0 Å². The van der Waals surface area contributed by atoms with Crippen LogP contribution in [0.2, 0.25) is 0 Å². The zero-order chi connectivity index (χ0) is 20.8. The lowest BCUT2D eigenvalue weighted by molar-refractivity contribution is -0.281. The van der Waals surface area contributed by atoms with E-state index < -0.39 is 17.2 Å². The van der Waals surface area contributed by atoms with Crippen LogP contribution in [-0.2, 0) is 35.0 Å². The van der Waals surface area contributed by atoms with E-state index in [2.05, 4.69) is 0 Å². The molecule has 1 saturated heterocycles. The van der Waals surface area contributed by atoms with Gasteiger partial charge < -0.3 is 33.9 Å². The van der Waals surface area contributed by atoms with Gasteiger partial charge in [0, 0.05) is 0 Å². The maximum absolute atomic E-state index is 12.3. The van der Waals surface area contributed by atoms with Crippen LogP contribution in [0.1, 0.15) is 44.1 Å². The number of nitrogens with zero attached hydrogens (tertiary/aromatic N) is 1. The van der Waals surface area contributed by atoms with Crippen molar-refractivity contribution < 1.29 is 38.7 Å². The highest BCUT2D eigenvalue weighted by Gasteiger charge is 2.44. The monoisotopic (exact) mass is 409 g/mol. The normalized spacial score (nSPS) is 25.9. The topological polar surface area (TPSA) is 109 Å². The van der Waals surface area contributed by atoms with Gasteiger partial charge in [-0.3, -0.25) is 9.36 Å². The first-order valence-corrected chi connectivity index (χ1v) is 9.73. The van der Waals surface area contributed by atoms with Crippen molar-refractivity contribution in [1.29, 1.82) is 0 Å². The summed E-state index contributed by atoms with van der Waals surface area (Å²) >= 11 is 0. The number of esters is 1. The molecule has 1 aromatic heterocycles. The van der Waals surface area contributed by atoms with Crippen LogP contribution >= 0.6 is 0 Å². The Balaban J connectivity index is 1.19. The summed E-state index contributed by atoms with van der Waals surface area (Å²) in [5.74, 6) is -1.09. The van der Waals surface area contributed by atoms with Crippen LogP contribution in [0.5, 0.6) is 11.8 Å². The Kier molecular flexibility index (Phi) is 5.10. The Morgan fingerprint density at radius 2 is 1.66 bits per heavy atom. The summed E-state index contributed by atoms with van der Waals surface area (Å²) in [6.45, 7) is 6.62. The summed E-state index contributed by atoms with van der Waals surface area (Å²) < 4.78 is 28.9. The fourth-order valence-electron chi connectivity index (χ4n) is 3.68. The van der Waals surface area contributed by atoms with Gasteiger partial charge in [-0.2, -0.15) is 0 Å². The van der Waals surface area contributed by atoms with Gasteiger partial charge in [0.1, 0.15) is 24.2 Å². The van der Waals surface area contributed by atoms with Crippen molar-refractivity contribution in [2.75, 3.05) is 33.0 Å². The Hall–Kier alpha value is -2.07. The summed E-state index contributed by atoms with van der Waals surface area (Å²) in [6.07, 6.45) is 3.13. The van der Waals surface area contributed by atoms with E-state index in [1.807, 2.05) is 12.2 Å². The lowest BCUT2D eigenvalue weighted by atomic mass is 9.92. The van der Waals surface area contributed by atoms with Crippen molar-refractivity contribution >= 4 is 5.97 Å². The zero-order valence-electron chi connectivity index (χ0n) is 16.8. The first-order valence-electron chi connectivity index (χ1n) is 9.73. The Morgan fingerprint density at radius 1 is 1.07 bits per heavy atom. The van der Waals surface area contributed by atoms with E-state index in [1.165, 1.54) is 4.57 Å². The number of aromatic hydroxyl groups is 2. The molecule has 4 rings (SSSR count). The molecule has 3 aliphatic rings. The second-order valence-corrected chi connectivity index (χ2v) is 8.27. The minimum absolute atomic E-state index is 0.00229. The van der Waals surface area contributed by atoms with Crippen molar-refractivity contribution in [2.45, 2.75) is 45.3 Å². The fraction of sp³-hybridized carbons (Fsp3) is 0.650. The molecule has 0 amide bonds. The number of carbonyl (C=O) groups is 1. The predicted molar refractivity (Wildman–Crippen MR) is 99.3 cm³/mol. The molecule has 2 unspecified atom stereocenters. The van der Waals surface area contributed by atoms with Crippen molar-refractivity contribution in [3.8, 4) is 11.8 Å². The number of aromatic nitrogens is 1. The van der Waals surface area contributed by atoms with Gasteiger partial charge in [0.05, 0.1) is 44.1 Å². The van der Waals surface area contributed by atoms with Gasteiger partial charge in [0.25, 0.3) is 0 Å². The van der Waals surface area contributed by atoms with Crippen LogP contribution in [0.3, 0.4) is 0 Å². The number of hydrogen-bond acceptors (Lipinski definition) is 8. The van der Waals surface area contributed by atoms with E-state index >= 15 is 0 Å². The van der Waals surface area contributed by atoms with Gasteiger partial charge in [-0.1, -0.05) is 12.2 Å². The van der Waals surface area contributed by atoms with Crippen LogP contribution in [0.15, 0.2) is 12.2 Å². The standard InChI is InChI=1S/C20H27NO8/c1-19(2)27-10-20(3,11-28-19)18(24)26-9-8-25-7-6-21-16(22)14-12-4-5-13(29-12)15(14)17(21)23/h4-5,12-13,22-23H,6-11H2,1-3H3. The van der Waals surface area contributed by atoms with Gasteiger partial charge in [0.2, 0.25) is 11.8 Å². The highest BCUT2D eigenvalue weighted by atomic mass is 16.7. The molecule has 0 spiro atoms. The second kappa shape index (κ2) is 7.32. The molecule has 3 aliphatic heterocycles. The van der Waals surface area contributed by atoms with Gasteiger partial charge in [-0.05, 0) is 20.8 Å². The molecular weight excluding hydrogens is 382 g/mol. The number of ether oxygens (including phenoxy) is 5. The molecule has 2 bridgehead atoms. The average Bonchev–Trinajstić information content (AvgIpc) is 3.36. The summed E-state index contributed by atoms with van der Waals surface area (Å²) in [5, 5.41) is 20.8. The maximum atomic E-state index is 12.3. The SMILES string of the molecule is CC1(C)OCC(C)(C(=O)OCCOCCn2c(O)c3c(c2O)C2C=CC3O2)CO1.